The summed E-state index contributed by atoms with van der Waals surface area (Å²) in [4.78, 5) is 18.9. The van der Waals surface area contributed by atoms with Crippen molar-refractivity contribution in [2.75, 3.05) is 0 Å². The number of aryl methyl sites for hydroxylation is 2. The van der Waals surface area contributed by atoms with E-state index in [-0.39, 0.29) is 5.63 Å². The number of thiophene rings is 1. The summed E-state index contributed by atoms with van der Waals surface area (Å²) in [6.45, 7) is 0. The Morgan fingerprint density at radius 1 is 1.18 bits per heavy atom. The lowest BCUT2D eigenvalue weighted by Crippen LogP contribution is -2.03. The van der Waals surface area contributed by atoms with E-state index in [9.17, 15) is 4.79 Å². The molecular formula is C17H15NO3S. The Morgan fingerprint density at radius 3 is 2.95 bits per heavy atom. The number of furan rings is 1. The highest BCUT2D eigenvalue weighted by atomic mass is 32.1. The molecule has 5 heteroatoms. The molecule has 0 bridgehead atoms. The summed E-state index contributed by atoms with van der Waals surface area (Å²) in [5.41, 5.74) is 0.892. The zero-order valence-corrected chi connectivity index (χ0v) is 12.8. The molecule has 22 heavy (non-hydrogen) atoms. The summed E-state index contributed by atoms with van der Waals surface area (Å²) in [5, 5.41) is 0.692. The van der Waals surface area contributed by atoms with Gasteiger partial charge in [-0.25, -0.2) is 9.78 Å². The highest BCUT2D eigenvalue weighted by molar-refractivity contribution is 7.18. The molecule has 1 aliphatic rings. The molecule has 0 amide bonds. The van der Waals surface area contributed by atoms with Gasteiger partial charge in [-0.15, -0.1) is 11.3 Å². The molecule has 0 saturated carbocycles. The SMILES string of the molecule is O=c1oc(/C=C\c2ccco2)nc2sc3c(c12)CCCCC3. The van der Waals surface area contributed by atoms with Crippen molar-refractivity contribution < 1.29 is 8.83 Å². The van der Waals surface area contributed by atoms with E-state index in [4.69, 9.17) is 8.83 Å². The number of aromatic nitrogens is 1. The topological polar surface area (TPSA) is 56.2 Å². The molecule has 3 aromatic rings. The molecule has 4 rings (SSSR count). The van der Waals surface area contributed by atoms with Crippen molar-refractivity contribution in [1.82, 2.24) is 4.98 Å². The molecule has 0 aromatic carbocycles. The van der Waals surface area contributed by atoms with E-state index in [1.807, 2.05) is 12.1 Å². The van der Waals surface area contributed by atoms with E-state index in [1.54, 1.807) is 29.8 Å². The van der Waals surface area contributed by atoms with E-state index >= 15 is 0 Å². The molecular weight excluding hydrogens is 298 g/mol. The van der Waals surface area contributed by atoms with E-state index in [1.165, 1.54) is 23.3 Å². The lowest BCUT2D eigenvalue weighted by atomic mass is 10.1. The molecule has 1 aliphatic carbocycles. The quantitative estimate of drug-likeness (QED) is 0.663. The van der Waals surface area contributed by atoms with Gasteiger partial charge in [-0.1, -0.05) is 6.42 Å². The minimum Gasteiger partial charge on any atom is -0.465 e. The van der Waals surface area contributed by atoms with Gasteiger partial charge in [0.1, 0.15) is 16.0 Å². The van der Waals surface area contributed by atoms with Gasteiger partial charge < -0.3 is 8.83 Å². The van der Waals surface area contributed by atoms with Crippen LogP contribution in [0.2, 0.25) is 0 Å². The van der Waals surface area contributed by atoms with E-state index < -0.39 is 0 Å². The summed E-state index contributed by atoms with van der Waals surface area (Å²) in [6, 6.07) is 3.64. The van der Waals surface area contributed by atoms with Gasteiger partial charge >= 0.3 is 5.63 Å². The van der Waals surface area contributed by atoms with Crippen LogP contribution >= 0.6 is 11.3 Å². The minimum atomic E-state index is -0.275. The molecule has 0 unspecified atom stereocenters. The smallest absolute Gasteiger partial charge is 0.348 e. The van der Waals surface area contributed by atoms with E-state index in [0.717, 1.165) is 24.1 Å². The number of hydrogen-bond acceptors (Lipinski definition) is 5. The van der Waals surface area contributed by atoms with Crippen LogP contribution in [0.25, 0.3) is 22.4 Å². The van der Waals surface area contributed by atoms with Gasteiger partial charge in [0, 0.05) is 11.0 Å². The summed E-state index contributed by atoms with van der Waals surface area (Å²) >= 11 is 1.64. The molecule has 3 aromatic heterocycles. The summed E-state index contributed by atoms with van der Waals surface area (Å²) in [7, 11) is 0. The van der Waals surface area contributed by atoms with Gasteiger partial charge in [-0.2, -0.15) is 0 Å². The molecule has 0 radical (unpaired) electrons. The van der Waals surface area contributed by atoms with E-state index in [2.05, 4.69) is 4.98 Å². The largest absolute Gasteiger partial charge is 0.465 e. The van der Waals surface area contributed by atoms with Crippen molar-refractivity contribution in [3.63, 3.8) is 0 Å². The third-order valence-electron chi connectivity index (χ3n) is 3.95. The van der Waals surface area contributed by atoms with Crippen molar-refractivity contribution in [2.45, 2.75) is 32.1 Å². The van der Waals surface area contributed by atoms with Crippen molar-refractivity contribution in [1.29, 1.82) is 0 Å². The van der Waals surface area contributed by atoms with Crippen LogP contribution in [0.1, 0.15) is 41.4 Å². The first kappa shape index (κ1) is 13.5. The fourth-order valence-corrected chi connectivity index (χ4v) is 4.15. The van der Waals surface area contributed by atoms with Crippen LogP contribution in [0.3, 0.4) is 0 Å². The van der Waals surface area contributed by atoms with Gasteiger partial charge in [-0.3, -0.25) is 0 Å². The molecule has 0 N–H and O–H groups in total. The second-order valence-corrected chi connectivity index (χ2v) is 6.52. The predicted molar refractivity (Wildman–Crippen MR) is 87.1 cm³/mol. The Morgan fingerprint density at radius 2 is 2.09 bits per heavy atom. The van der Waals surface area contributed by atoms with Crippen LogP contribution < -0.4 is 5.63 Å². The fraction of sp³-hybridized carbons (Fsp3) is 0.294. The molecule has 0 saturated heterocycles. The first-order valence-corrected chi connectivity index (χ1v) is 8.30. The summed E-state index contributed by atoms with van der Waals surface area (Å²) in [5.74, 6) is 1.02. The number of fused-ring (bicyclic) bond motifs is 3. The fourth-order valence-electron chi connectivity index (χ4n) is 2.90. The first-order valence-electron chi connectivity index (χ1n) is 7.48. The van der Waals surface area contributed by atoms with E-state index in [0.29, 0.717) is 17.0 Å². The Bertz CT molecular complexity index is 887. The third kappa shape index (κ3) is 2.41. The highest BCUT2D eigenvalue weighted by Gasteiger charge is 2.19. The Labute approximate surface area is 131 Å². The minimum absolute atomic E-state index is 0.275. The molecule has 0 aliphatic heterocycles. The zero-order chi connectivity index (χ0) is 14.9. The highest BCUT2D eigenvalue weighted by Crippen LogP contribution is 2.33. The van der Waals surface area contributed by atoms with Crippen molar-refractivity contribution in [3.8, 4) is 0 Å². The lowest BCUT2D eigenvalue weighted by Gasteiger charge is -1.97. The molecule has 3 heterocycles. The number of hydrogen-bond donors (Lipinski definition) is 0. The molecule has 112 valence electrons. The third-order valence-corrected chi connectivity index (χ3v) is 5.13. The maximum Gasteiger partial charge on any atom is 0.348 e. The first-order chi connectivity index (χ1) is 10.8. The number of nitrogens with zero attached hydrogens (tertiary/aromatic N) is 1. The molecule has 0 spiro atoms. The zero-order valence-electron chi connectivity index (χ0n) is 12.0. The van der Waals surface area contributed by atoms with Crippen LogP contribution in [0.5, 0.6) is 0 Å². The van der Waals surface area contributed by atoms with Gasteiger partial charge in [-0.05, 0) is 49.5 Å². The maximum atomic E-state index is 12.3. The van der Waals surface area contributed by atoms with Gasteiger partial charge in [0.25, 0.3) is 0 Å². The maximum absolute atomic E-state index is 12.3. The second-order valence-electron chi connectivity index (χ2n) is 5.43. The molecule has 0 atom stereocenters. The number of rotatable bonds is 2. The standard InChI is InChI=1S/C17H15NO3S/c19-17-15-12-6-2-1-3-7-13(12)22-16(15)18-14(21-17)9-8-11-5-4-10-20-11/h4-5,8-10H,1-3,6-7H2/b9-8-. The summed E-state index contributed by atoms with van der Waals surface area (Å²) in [6.07, 6.45) is 10.6. The predicted octanol–water partition coefficient (Wildman–Crippen LogP) is 4.28. The lowest BCUT2D eigenvalue weighted by molar-refractivity contribution is 0.490. The van der Waals surface area contributed by atoms with Gasteiger partial charge in [0.15, 0.2) is 0 Å². The average Bonchev–Trinajstić information content (AvgIpc) is 3.08. The Balaban J connectivity index is 1.79. The average molecular weight is 313 g/mol. The van der Waals surface area contributed by atoms with Crippen LogP contribution in [0.4, 0.5) is 0 Å². The normalized spacial score (nSPS) is 15.3. The van der Waals surface area contributed by atoms with Crippen molar-refractivity contribution in [3.05, 3.63) is 50.9 Å². The van der Waals surface area contributed by atoms with Crippen LogP contribution in [-0.4, -0.2) is 4.98 Å². The Hall–Kier alpha value is -2.14. The van der Waals surface area contributed by atoms with Crippen molar-refractivity contribution in [2.24, 2.45) is 0 Å². The van der Waals surface area contributed by atoms with Gasteiger partial charge in [0.05, 0.1) is 6.26 Å². The second kappa shape index (κ2) is 5.57. The van der Waals surface area contributed by atoms with Crippen LogP contribution in [0, 0.1) is 0 Å². The Kier molecular flexibility index (Phi) is 3.42. The summed E-state index contributed by atoms with van der Waals surface area (Å²) < 4.78 is 10.6. The van der Waals surface area contributed by atoms with Crippen LogP contribution in [-0.2, 0) is 12.8 Å². The van der Waals surface area contributed by atoms with Crippen molar-refractivity contribution >= 4 is 33.7 Å². The molecule has 0 fully saturated rings. The van der Waals surface area contributed by atoms with Crippen LogP contribution in [0.15, 0.2) is 32.0 Å². The monoisotopic (exact) mass is 313 g/mol. The van der Waals surface area contributed by atoms with Gasteiger partial charge in [0.2, 0.25) is 5.89 Å². The molecule has 4 nitrogen and oxygen atoms in total.